The summed E-state index contributed by atoms with van der Waals surface area (Å²) in [5.41, 5.74) is 4.90. The SMILES string of the molecule is C[C@@]1(O)[C@H](O)[C@@H](COCCCCCCCC=O)O[C@H]1n1ccc2c(N)ncnc21. The molecule has 9 nitrogen and oxygen atoms in total. The molecule has 0 aromatic carbocycles. The van der Waals surface area contributed by atoms with Crippen LogP contribution in [0.3, 0.4) is 0 Å². The summed E-state index contributed by atoms with van der Waals surface area (Å²) in [6.45, 7) is 2.29. The molecule has 1 saturated heterocycles. The van der Waals surface area contributed by atoms with Crippen molar-refractivity contribution < 1.29 is 24.5 Å². The largest absolute Gasteiger partial charge is 0.387 e. The molecule has 0 amide bonds. The summed E-state index contributed by atoms with van der Waals surface area (Å²) < 4.78 is 13.3. The summed E-state index contributed by atoms with van der Waals surface area (Å²) in [5.74, 6) is 0.345. The van der Waals surface area contributed by atoms with Crippen molar-refractivity contribution in [3.05, 3.63) is 18.6 Å². The zero-order valence-corrected chi connectivity index (χ0v) is 16.7. The van der Waals surface area contributed by atoms with Crippen LogP contribution in [0.2, 0.25) is 0 Å². The van der Waals surface area contributed by atoms with Crippen molar-refractivity contribution in [2.24, 2.45) is 0 Å². The van der Waals surface area contributed by atoms with E-state index >= 15 is 0 Å². The summed E-state index contributed by atoms with van der Waals surface area (Å²) in [5, 5.41) is 22.1. The number of nitrogen functional groups attached to an aromatic ring is 1. The zero-order valence-electron chi connectivity index (χ0n) is 16.7. The standard InChI is InChI=1S/C20H30N4O5/c1-20(27)16(26)15(12-28-11-7-5-3-2-4-6-10-25)29-19(20)24-9-8-14-17(21)22-13-23-18(14)24/h8-10,13,15-16,19,26-27H,2-7,11-12H2,1H3,(H2,21,22,23)/t15-,16-,19-,20-/m1/s1. The molecule has 29 heavy (non-hydrogen) atoms. The first kappa shape index (κ1) is 21.6. The number of aliphatic hydroxyl groups excluding tert-OH is 1. The Morgan fingerprint density at radius 2 is 2.07 bits per heavy atom. The Bertz CT molecular complexity index is 809. The molecule has 3 rings (SSSR count). The van der Waals surface area contributed by atoms with E-state index in [1.165, 1.54) is 13.3 Å². The van der Waals surface area contributed by atoms with Gasteiger partial charge in [0.2, 0.25) is 0 Å². The summed E-state index contributed by atoms with van der Waals surface area (Å²) >= 11 is 0. The molecule has 0 radical (unpaired) electrons. The molecule has 1 aliphatic rings. The predicted molar refractivity (Wildman–Crippen MR) is 107 cm³/mol. The van der Waals surface area contributed by atoms with Gasteiger partial charge in [-0.1, -0.05) is 19.3 Å². The molecule has 1 fully saturated rings. The monoisotopic (exact) mass is 406 g/mol. The molecule has 0 spiro atoms. The number of fused-ring (bicyclic) bond motifs is 1. The highest BCUT2D eigenvalue weighted by atomic mass is 16.6. The number of hydrogen-bond donors (Lipinski definition) is 3. The van der Waals surface area contributed by atoms with Crippen LogP contribution in [0, 0.1) is 0 Å². The van der Waals surface area contributed by atoms with Crippen molar-refractivity contribution in [2.45, 2.75) is 69.5 Å². The van der Waals surface area contributed by atoms with Crippen molar-refractivity contribution in [2.75, 3.05) is 18.9 Å². The number of unbranched alkanes of at least 4 members (excludes halogenated alkanes) is 5. The fourth-order valence-electron chi connectivity index (χ4n) is 3.72. The first-order valence-corrected chi connectivity index (χ1v) is 10.1. The second kappa shape index (κ2) is 9.62. The molecule has 2 aromatic heterocycles. The summed E-state index contributed by atoms with van der Waals surface area (Å²) in [4.78, 5) is 18.5. The lowest BCUT2D eigenvalue weighted by Gasteiger charge is -2.27. The van der Waals surface area contributed by atoms with Gasteiger partial charge < -0.3 is 34.8 Å². The summed E-state index contributed by atoms with van der Waals surface area (Å²) in [6, 6.07) is 1.76. The number of anilines is 1. The number of ether oxygens (including phenoxy) is 2. The molecule has 4 N–H and O–H groups in total. The molecule has 2 aromatic rings. The van der Waals surface area contributed by atoms with E-state index in [2.05, 4.69) is 9.97 Å². The Hall–Kier alpha value is -2.07. The third-order valence-electron chi connectivity index (χ3n) is 5.44. The second-order valence-electron chi connectivity index (χ2n) is 7.71. The van der Waals surface area contributed by atoms with E-state index in [-0.39, 0.29) is 6.61 Å². The predicted octanol–water partition coefficient (Wildman–Crippen LogP) is 1.58. The van der Waals surface area contributed by atoms with Crippen molar-refractivity contribution in [3.8, 4) is 0 Å². The lowest BCUT2D eigenvalue weighted by molar-refractivity contribution is -0.107. The van der Waals surface area contributed by atoms with E-state index < -0.39 is 24.0 Å². The molecule has 0 unspecified atom stereocenters. The van der Waals surface area contributed by atoms with Gasteiger partial charge in [0.05, 0.1) is 12.0 Å². The van der Waals surface area contributed by atoms with E-state index in [4.69, 9.17) is 15.2 Å². The van der Waals surface area contributed by atoms with Crippen LogP contribution in [0.4, 0.5) is 5.82 Å². The number of nitrogens with zero attached hydrogens (tertiary/aromatic N) is 3. The number of aromatic nitrogens is 3. The van der Waals surface area contributed by atoms with Crippen LogP contribution in [0.5, 0.6) is 0 Å². The van der Waals surface area contributed by atoms with Gasteiger partial charge in [-0.2, -0.15) is 0 Å². The fourth-order valence-corrected chi connectivity index (χ4v) is 3.72. The Balaban J connectivity index is 1.52. The van der Waals surface area contributed by atoms with Crippen molar-refractivity contribution >= 4 is 23.1 Å². The molecule has 0 bridgehead atoms. The van der Waals surface area contributed by atoms with Gasteiger partial charge in [-0.25, -0.2) is 9.97 Å². The first-order valence-electron chi connectivity index (χ1n) is 10.1. The maximum Gasteiger partial charge on any atom is 0.167 e. The number of rotatable bonds is 11. The zero-order chi connectivity index (χ0) is 20.9. The van der Waals surface area contributed by atoms with E-state index in [1.807, 2.05) is 0 Å². The fraction of sp³-hybridized carbons (Fsp3) is 0.650. The molecule has 0 saturated carbocycles. The summed E-state index contributed by atoms with van der Waals surface area (Å²) in [6.07, 6.45) is 7.07. The minimum Gasteiger partial charge on any atom is -0.387 e. The van der Waals surface area contributed by atoms with Crippen molar-refractivity contribution in [1.29, 1.82) is 0 Å². The van der Waals surface area contributed by atoms with E-state index in [9.17, 15) is 15.0 Å². The third kappa shape index (κ3) is 4.75. The highest BCUT2D eigenvalue weighted by Gasteiger charge is 2.53. The van der Waals surface area contributed by atoms with Gasteiger partial charge in [0.1, 0.15) is 41.9 Å². The number of aliphatic hydroxyl groups is 2. The highest BCUT2D eigenvalue weighted by molar-refractivity contribution is 5.86. The quantitative estimate of drug-likeness (QED) is 0.378. The molecule has 1 aliphatic heterocycles. The minimum absolute atomic E-state index is 0.190. The van der Waals surface area contributed by atoms with Crippen LogP contribution in [-0.4, -0.2) is 62.1 Å². The maximum absolute atomic E-state index is 10.9. The van der Waals surface area contributed by atoms with Gasteiger partial charge in [-0.3, -0.25) is 0 Å². The van der Waals surface area contributed by atoms with Crippen molar-refractivity contribution in [3.63, 3.8) is 0 Å². The molecule has 9 heteroatoms. The molecule has 4 atom stereocenters. The van der Waals surface area contributed by atoms with E-state index in [0.717, 1.165) is 38.4 Å². The number of hydrogen-bond acceptors (Lipinski definition) is 8. The third-order valence-corrected chi connectivity index (χ3v) is 5.44. The van der Waals surface area contributed by atoms with E-state index in [1.54, 1.807) is 16.8 Å². The smallest absolute Gasteiger partial charge is 0.167 e. The second-order valence-corrected chi connectivity index (χ2v) is 7.71. The topological polar surface area (TPSA) is 133 Å². The van der Waals surface area contributed by atoms with Gasteiger partial charge in [0.25, 0.3) is 0 Å². The maximum atomic E-state index is 10.9. The molecule has 0 aliphatic carbocycles. The summed E-state index contributed by atoms with van der Waals surface area (Å²) in [7, 11) is 0. The van der Waals surface area contributed by atoms with Gasteiger partial charge in [0.15, 0.2) is 6.23 Å². The van der Waals surface area contributed by atoms with Gasteiger partial charge in [-0.05, 0) is 25.8 Å². The lowest BCUT2D eigenvalue weighted by atomic mass is 9.96. The van der Waals surface area contributed by atoms with Crippen LogP contribution < -0.4 is 5.73 Å². The number of nitrogens with two attached hydrogens (primary N) is 1. The van der Waals surface area contributed by atoms with Gasteiger partial charge in [-0.15, -0.1) is 0 Å². The van der Waals surface area contributed by atoms with Gasteiger partial charge in [0, 0.05) is 19.2 Å². The van der Waals surface area contributed by atoms with Crippen LogP contribution in [0.1, 0.15) is 51.7 Å². The average molecular weight is 406 g/mol. The Morgan fingerprint density at radius 1 is 1.31 bits per heavy atom. The number of carbonyl (C=O) groups excluding carboxylic acids is 1. The molecule has 3 heterocycles. The van der Waals surface area contributed by atoms with Crippen LogP contribution in [-0.2, 0) is 14.3 Å². The van der Waals surface area contributed by atoms with E-state index in [0.29, 0.717) is 29.9 Å². The number of carbonyl (C=O) groups is 1. The first-order chi connectivity index (χ1) is 14.0. The molecular formula is C20H30N4O5. The molecule has 160 valence electrons. The Labute approximate surface area is 169 Å². The van der Waals surface area contributed by atoms with Crippen LogP contribution in [0.15, 0.2) is 18.6 Å². The minimum atomic E-state index is -1.52. The lowest BCUT2D eigenvalue weighted by Crippen LogP contribution is -2.44. The normalized spacial score (nSPS) is 26.9. The average Bonchev–Trinajstić information content (AvgIpc) is 3.21. The van der Waals surface area contributed by atoms with Crippen LogP contribution in [0.25, 0.3) is 11.0 Å². The Morgan fingerprint density at radius 3 is 2.86 bits per heavy atom. The van der Waals surface area contributed by atoms with Crippen molar-refractivity contribution in [1.82, 2.24) is 14.5 Å². The highest BCUT2D eigenvalue weighted by Crippen LogP contribution is 2.40. The van der Waals surface area contributed by atoms with Gasteiger partial charge >= 0.3 is 0 Å². The Kier molecular flexibility index (Phi) is 7.18. The number of aldehydes is 1. The van der Waals surface area contributed by atoms with Crippen LogP contribution >= 0.6 is 0 Å². The molecular weight excluding hydrogens is 376 g/mol.